The third-order valence-corrected chi connectivity index (χ3v) is 4.92. The number of aromatic nitrogens is 3. The van der Waals surface area contributed by atoms with Gasteiger partial charge in [-0.3, -0.25) is 4.79 Å². The molecule has 126 valence electrons. The zero-order valence-electron chi connectivity index (χ0n) is 13.9. The van der Waals surface area contributed by atoms with Crippen molar-refractivity contribution in [2.45, 2.75) is 32.6 Å². The lowest BCUT2D eigenvalue weighted by Crippen LogP contribution is -2.25. The molecule has 0 saturated heterocycles. The zero-order valence-corrected chi connectivity index (χ0v) is 14.7. The van der Waals surface area contributed by atoms with E-state index in [0.717, 1.165) is 28.3 Å². The minimum atomic E-state index is -0.0449. The van der Waals surface area contributed by atoms with Crippen molar-refractivity contribution < 1.29 is 9.21 Å². The second kappa shape index (κ2) is 7.09. The largest absolute Gasteiger partial charge is 0.444 e. The summed E-state index contributed by atoms with van der Waals surface area (Å²) in [7, 11) is 0. The van der Waals surface area contributed by atoms with E-state index >= 15 is 0 Å². The monoisotopic (exact) mass is 344 g/mol. The number of rotatable bonds is 6. The first kappa shape index (κ1) is 16.6. The number of amides is 1. The quantitative estimate of drug-likeness (QED) is 0.717. The minimum absolute atomic E-state index is 0.0449. The first-order valence-electron chi connectivity index (χ1n) is 7.79. The van der Waals surface area contributed by atoms with E-state index in [1.165, 1.54) is 11.8 Å². The van der Waals surface area contributed by atoms with Crippen molar-refractivity contribution in [3.8, 4) is 0 Å². The number of benzene rings is 1. The standard InChI is InChI=1S/C17H20N4O2S/c1-10-11(2)23-16(19-10)8-18-15(22)9-24-12(3)17-20-13-6-4-5-7-14(13)21-17/h4-7,12H,8-9H2,1-3H3,(H,18,22)(H,20,21)/t12-/m1/s1. The Morgan fingerprint density at radius 3 is 2.83 bits per heavy atom. The highest BCUT2D eigenvalue weighted by atomic mass is 32.2. The third-order valence-electron chi connectivity index (χ3n) is 3.77. The summed E-state index contributed by atoms with van der Waals surface area (Å²) in [6.45, 7) is 6.09. The van der Waals surface area contributed by atoms with Crippen LogP contribution in [0, 0.1) is 13.8 Å². The van der Waals surface area contributed by atoms with Gasteiger partial charge in [0.1, 0.15) is 11.6 Å². The van der Waals surface area contributed by atoms with Gasteiger partial charge < -0.3 is 14.7 Å². The molecule has 0 aliphatic rings. The summed E-state index contributed by atoms with van der Waals surface area (Å²) in [6.07, 6.45) is 0. The molecule has 2 aromatic heterocycles. The molecule has 0 saturated carbocycles. The molecule has 2 heterocycles. The number of carbonyl (C=O) groups is 1. The molecule has 0 aliphatic heterocycles. The molecule has 0 radical (unpaired) electrons. The molecule has 1 amide bonds. The molecule has 0 spiro atoms. The Labute approximate surface area is 144 Å². The molecule has 0 aliphatic carbocycles. The number of nitrogens with zero attached hydrogens (tertiary/aromatic N) is 2. The van der Waals surface area contributed by atoms with Gasteiger partial charge in [0.15, 0.2) is 0 Å². The van der Waals surface area contributed by atoms with E-state index in [-0.39, 0.29) is 11.2 Å². The second-order valence-electron chi connectivity index (χ2n) is 5.62. The molecular formula is C17H20N4O2S. The minimum Gasteiger partial charge on any atom is -0.444 e. The molecule has 0 unspecified atom stereocenters. The molecule has 0 fully saturated rings. The van der Waals surface area contributed by atoms with Crippen LogP contribution in [0.15, 0.2) is 28.7 Å². The summed E-state index contributed by atoms with van der Waals surface area (Å²) in [6, 6.07) is 7.90. The molecule has 1 aromatic carbocycles. The summed E-state index contributed by atoms with van der Waals surface area (Å²) in [5.41, 5.74) is 2.81. The lowest BCUT2D eigenvalue weighted by Gasteiger charge is -2.08. The summed E-state index contributed by atoms with van der Waals surface area (Å²) in [5, 5.41) is 2.93. The predicted octanol–water partition coefficient (Wildman–Crippen LogP) is 3.28. The molecule has 6 nitrogen and oxygen atoms in total. The van der Waals surface area contributed by atoms with Crippen LogP contribution < -0.4 is 5.32 Å². The van der Waals surface area contributed by atoms with Crippen LogP contribution in [0.4, 0.5) is 0 Å². The van der Waals surface area contributed by atoms with Crippen molar-refractivity contribution >= 4 is 28.7 Å². The van der Waals surface area contributed by atoms with Gasteiger partial charge >= 0.3 is 0 Å². The Hall–Kier alpha value is -2.28. The fourth-order valence-corrected chi connectivity index (χ4v) is 3.06. The van der Waals surface area contributed by atoms with E-state index in [9.17, 15) is 4.79 Å². The predicted molar refractivity (Wildman–Crippen MR) is 94.8 cm³/mol. The van der Waals surface area contributed by atoms with Crippen LogP contribution in [0.1, 0.15) is 35.3 Å². The Morgan fingerprint density at radius 2 is 2.12 bits per heavy atom. The van der Waals surface area contributed by atoms with Crippen LogP contribution >= 0.6 is 11.8 Å². The van der Waals surface area contributed by atoms with Crippen molar-refractivity contribution in [3.05, 3.63) is 47.4 Å². The van der Waals surface area contributed by atoms with Crippen molar-refractivity contribution in [2.24, 2.45) is 0 Å². The zero-order chi connectivity index (χ0) is 17.1. The van der Waals surface area contributed by atoms with E-state index in [0.29, 0.717) is 18.2 Å². The van der Waals surface area contributed by atoms with Gasteiger partial charge in [-0.25, -0.2) is 9.97 Å². The van der Waals surface area contributed by atoms with Crippen LogP contribution in [-0.2, 0) is 11.3 Å². The van der Waals surface area contributed by atoms with Gasteiger partial charge in [0.2, 0.25) is 11.8 Å². The van der Waals surface area contributed by atoms with E-state index in [1.54, 1.807) is 0 Å². The van der Waals surface area contributed by atoms with E-state index in [2.05, 4.69) is 20.3 Å². The van der Waals surface area contributed by atoms with Gasteiger partial charge in [-0.15, -0.1) is 11.8 Å². The number of imidazole rings is 1. The molecule has 7 heteroatoms. The number of fused-ring (bicyclic) bond motifs is 1. The average Bonchev–Trinajstić information content (AvgIpc) is 3.14. The van der Waals surface area contributed by atoms with Gasteiger partial charge in [-0.1, -0.05) is 12.1 Å². The second-order valence-corrected chi connectivity index (χ2v) is 6.95. The summed E-state index contributed by atoms with van der Waals surface area (Å²) < 4.78 is 5.45. The Morgan fingerprint density at radius 1 is 1.33 bits per heavy atom. The number of H-pyrrole nitrogens is 1. The topological polar surface area (TPSA) is 83.8 Å². The van der Waals surface area contributed by atoms with Crippen LogP contribution in [-0.4, -0.2) is 26.6 Å². The van der Waals surface area contributed by atoms with Crippen molar-refractivity contribution in [1.29, 1.82) is 0 Å². The number of hydrogen-bond donors (Lipinski definition) is 2. The Kier molecular flexibility index (Phi) is 4.89. The molecule has 0 bridgehead atoms. The third kappa shape index (κ3) is 3.79. The molecule has 24 heavy (non-hydrogen) atoms. The van der Waals surface area contributed by atoms with Crippen LogP contribution in [0.5, 0.6) is 0 Å². The SMILES string of the molecule is Cc1nc(CNC(=O)CS[C@H](C)c2nc3ccccc3[nH]2)oc1C. The van der Waals surface area contributed by atoms with Crippen molar-refractivity contribution in [1.82, 2.24) is 20.3 Å². The van der Waals surface area contributed by atoms with Crippen LogP contribution in [0.25, 0.3) is 11.0 Å². The van der Waals surface area contributed by atoms with Gasteiger partial charge in [0, 0.05) is 0 Å². The number of aryl methyl sites for hydroxylation is 2. The number of oxazole rings is 1. The number of carbonyl (C=O) groups excluding carboxylic acids is 1. The smallest absolute Gasteiger partial charge is 0.230 e. The fraction of sp³-hybridized carbons (Fsp3) is 0.353. The number of hydrogen-bond acceptors (Lipinski definition) is 5. The van der Waals surface area contributed by atoms with Gasteiger partial charge in [-0.2, -0.15) is 0 Å². The Bertz CT molecular complexity index is 803. The highest BCUT2D eigenvalue weighted by molar-refractivity contribution is 8.00. The first-order chi connectivity index (χ1) is 11.5. The van der Waals surface area contributed by atoms with Gasteiger partial charge in [-0.05, 0) is 32.9 Å². The number of nitrogens with one attached hydrogen (secondary N) is 2. The molecule has 3 aromatic rings. The number of para-hydroxylation sites is 2. The lowest BCUT2D eigenvalue weighted by atomic mass is 10.3. The summed E-state index contributed by atoms with van der Waals surface area (Å²) in [5.74, 6) is 2.52. The lowest BCUT2D eigenvalue weighted by molar-refractivity contribution is -0.118. The fourth-order valence-electron chi connectivity index (χ4n) is 2.28. The Balaban J connectivity index is 1.50. The normalized spacial score (nSPS) is 12.5. The van der Waals surface area contributed by atoms with Gasteiger partial charge in [0.05, 0.1) is 34.3 Å². The molecular weight excluding hydrogens is 324 g/mol. The van der Waals surface area contributed by atoms with E-state index < -0.39 is 0 Å². The van der Waals surface area contributed by atoms with Gasteiger partial charge in [0.25, 0.3) is 0 Å². The molecule has 2 N–H and O–H groups in total. The maximum atomic E-state index is 12.0. The molecule has 1 atom stereocenters. The summed E-state index contributed by atoms with van der Waals surface area (Å²) >= 11 is 1.54. The van der Waals surface area contributed by atoms with Crippen molar-refractivity contribution in [3.63, 3.8) is 0 Å². The number of aromatic amines is 1. The van der Waals surface area contributed by atoms with E-state index in [4.69, 9.17) is 4.42 Å². The summed E-state index contributed by atoms with van der Waals surface area (Å²) in [4.78, 5) is 24.1. The highest BCUT2D eigenvalue weighted by Gasteiger charge is 2.14. The van der Waals surface area contributed by atoms with E-state index in [1.807, 2.05) is 45.0 Å². The average molecular weight is 344 g/mol. The highest BCUT2D eigenvalue weighted by Crippen LogP contribution is 2.27. The number of thioether (sulfide) groups is 1. The maximum absolute atomic E-state index is 12.0. The molecule has 3 rings (SSSR count). The first-order valence-corrected chi connectivity index (χ1v) is 8.83. The van der Waals surface area contributed by atoms with Crippen LogP contribution in [0.3, 0.4) is 0 Å². The van der Waals surface area contributed by atoms with Crippen LogP contribution in [0.2, 0.25) is 0 Å². The maximum Gasteiger partial charge on any atom is 0.230 e. The van der Waals surface area contributed by atoms with Crippen molar-refractivity contribution in [2.75, 3.05) is 5.75 Å².